The minimum absolute atomic E-state index is 0.0260. The summed E-state index contributed by atoms with van der Waals surface area (Å²) < 4.78 is 0. The van der Waals surface area contributed by atoms with Crippen molar-refractivity contribution in [3.05, 3.63) is 71.2 Å². The van der Waals surface area contributed by atoms with E-state index in [0.29, 0.717) is 33.1 Å². The van der Waals surface area contributed by atoms with Gasteiger partial charge in [-0.3, -0.25) is 14.5 Å². The van der Waals surface area contributed by atoms with Crippen LogP contribution in [0.1, 0.15) is 6.42 Å². The third kappa shape index (κ3) is 5.16. The molecular weight excluding hydrogens is 417 g/mol. The van der Waals surface area contributed by atoms with Gasteiger partial charge >= 0.3 is 0 Å². The standard InChI is InChI=1S/C20H17Cl2N3O2S/c1-2-9-25-19(27)17(12-18(26)23-15-7-3-5-13(21)10-15)28-20(25)24-16-8-4-6-14(22)11-16/h2-8,10-11,17H,1,9,12H2,(H,23,26). The zero-order chi connectivity index (χ0) is 20.1. The molecule has 0 aromatic heterocycles. The highest BCUT2D eigenvalue weighted by Crippen LogP contribution is 2.32. The lowest BCUT2D eigenvalue weighted by atomic mass is 10.2. The van der Waals surface area contributed by atoms with Crippen molar-refractivity contribution < 1.29 is 9.59 Å². The molecule has 1 fully saturated rings. The smallest absolute Gasteiger partial charge is 0.242 e. The van der Waals surface area contributed by atoms with Crippen LogP contribution in [0.3, 0.4) is 0 Å². The van der Waals surface area contributed by atoms with Crippen LogP contribution >= 0.6 is 35.0 Å². The monoisotopic (exact) mass is 433 g/mol. The molecule has 2 aromatic rings. The van der Waals surface area contributed by atoms with Crippen LogP contribution in [0, 0.1) is 0 Å². The molecule has 0 bridgehead atoms. The number of nitrogens with one attached hydrogen (secondary N) is 1. The van der Waals surface area contributed by atoms with E-state index in [0.717, 1.165) is 0 Å². The molecule has 1 aliphatic rings. The molecule has 144 valence electrons. The van der Waals surface area contributed by atoms with Crippen LogP contribution in [0.4, 0.5) is 11.4 Å². The Morgan fingerprint density at radius 1 is 1.21 bits per heavy atom. The molecule has 1 aliphatic heterocycles. The molecule has 2 amide bonds. The molecule has 1 unspecified atom stereocenters. The van der Waals surface area contributed by atoms with Crippen molar-refractivity contribution in [2.75, 3.05) is 11.9 Å². The Morgan fingerprint density at radius 2 is 1.93 bits per heavy atom. The van der Waals surface area contributed by atoms with Crippen LogP contribution in [-0.4, -0.2) is 33.7 Å². The van der Waals surface area contributed by atoms with Gasteiger partial charge in [0, 0.05) is 28.7 Å². The van der Waals surface area contributed by atoms with Crippen molar-refractivity contribution in [3.8, 4) is 0 Å². The van der Waals surface area contributed by atoms with Gasteiger partial charge < -0.3 is 5.32 Å². The molecule has 28 heavy (non-hydrogen) atoms. The Morgan fingerprint density at radius 3 is 2.61 bits per heavy atom. The molecular formula is C20H17Cl2N3O2S. The number of rotatable bonds is 6. The number of nitrogens with zero attached hydrogens (tertiary/aromatic N) is 2. The normalized spacial score (nSPS) is 17.8. The second kappa shape index (κ2) is 9.28. The van der Waals surface area contributed by atoms with Gasteiger partial charge in [0.25, 0.3) is 0 Å². The predicted octanol–water partition coefficient (Wildman–Crippen LogP) is 5.14. The van der Waals surface area contributed by atoms with Gasteiger partial charge in [0.05, 0.1) is 5.69 Å². The molecule has 0 aliphatic carbocycles. The zero-order valence-electron chi connectivity index (χ0n) is 14.8. The summed E-state index contributed by atoms with van der Waals surface area (Å²) in [6.07, 6.45) is 1.65. The van der Waals surface area contributed by atoms with Gasteiger partial charge in [-0.25, -0.2) is 4.99 Å². The quantitative estimate of drug-likeness (QED) is 0.641. The number of hydrogen-bond donors (Lipinski definition) is 1. The van der Waals surface area contributed by atoms with Crippen molar-refractivity contribution >= 4 is 63.3 Å². The first-order valence-electron chi connectivity index (χ1n) is 8.45. The summed E-state index contributed by atoms with van der Waals surface area (Å²) in [7, 11) is 0. The van der Waals surface area contributed by atoms with Gasteiger partial charge in [0.15, 0.2) is 5.17 Å². The lowest BCUT2D eigenvalue weighted by Crippen LogP contribution is -2.33. The van der Waals surface area contributed by atoms with Crippen molar-refractivity contribution in [2.24, 2.45) is 4.99 Å². The molecule has 1 saturated heterocycles. The number of aliphatic imine (C=N–C) groups is 1. The number of carbonyl (C=O) groups excluding carboxylic acids is 2. The van der Waals surface area contributed by atoms with E-state index >= 15 is 0 Å². The second-order valence-electron chi connectivity index (χ2n) is 5.98. The summed E-state index contributed by atoms with van der Waals surface area (Å²) in [4.78, 5) is 31.2. The molecule has 1 N–H and O–H groups in total. The molecule has 1 heterocycles. The van der Waals surface area contributed by atoms with Gasteiger partial charge in [0.1, 0.15) is 5.25 Å². The minimum atomic E-state index is -0.558. The lowest BCUT2D eigenvalue weighted by Gasteiger charge is -2.13. The Labute approximate surface area is 177 Å². The Bertz CT molecular complexity index is 949. The fourth-order valence-electron chi connectivity index (χ4n) is 2.62. The number of benzene rings is 2. The van der Waals surface area contributed by atoms with Crippen LogP contribution in [0.25, 0.3) is 0 Å². The van der Waals surface area contributed by atoms with Crippen LogP contribution in [-0.2, 0) is 9.59 Å². The van der Waals surface area contributed by atoms with E-state index < -0.39 is 5.25 Å². The Kier molecular flexibility index (Phi) is 6.78. The third-order valence-electron chi connectivity index (χ3n) is 3.84. The predicted molar refractivity (Wildman–Crippen MR) is 117 cm³/mol. The van der Waals surface area contributed by atoms with Crippen molar-refractivity contribution in [2.45, 2.75) is 11.7 Å². The maximum absolute atomic E-state index is 12.8. The number of halogens is 2. The average molecular weight is 434 g/mol. The van der Waals surface area contributed by atoms with Crippen molar-refractivity contribution in [3.63, 3.8) is 0 Å². The molecule has 0 saturated carbocycles. The number of amides is 2. The largest absolute Gasteiger partial charge is 0.326 e. The van der Waals surface area contributed by atoms with Gasteiger partial charge in [-0.2, -0.15) is 0 Å². The third-order valence-corrected chi connectivity index (χ3v) is 5.49. The van der Waals surface area contributed by atoms with Crippen molar-refractivity contribution in [1.29, 1.82) is 0 Å². The number of carbonyl (C=O) groups is 2. The minimum Gasteiger partial charge on any atom is -0.326 e. The van der Waals surface area contributed by atoms with Gasteiger partial charge in [-0.05, 0) is 36.4 Å². The summed E-state index contributed by atoms with van der Waals surface area (Å²) in [6.45, 7) is 4.01. The van der Waals surface area contributed by atoms with E-state index in [2.05, 4.69) is 16.9 Å². The van der Waals surface area contributed by atoms with E-state index in [1.54, 1.807) is 54.6 Å². The molecule has 0 radical (unpaired) electrons. The summed E-state index contributed by atoms with van der Waals surface area (Å²) >= 11 is 13.2. The topological polar surface area (TPSA) is 61.8 Å². The first-order chi connectivity index (χ1) is 13.5. The Balaban J connectivity index is 1.74. The fraction of sp³-hybridized carbons (Fsp3) is 0.150. The number of hydrogen-bond acceptors (Lipinski definition) is 4. The van der Waals surface area contributed by atoms with E-state index in [9.17, 15) is 9.59 Å². The van der Waals surface area contributed by atoms with Crippen LogP contribution in [0.15, 0.2) is 66.2 Å². The Hall–Kier alpha value is -2.28. The first-order valence-corrected chi connectivity index (χ1v) is 10.1. The molecule has 3 rings (SSSR count). The van der Waals surface area contributed by atoms with Gasteiger partial charge in [-0.1, -0.05) is 53.2 Å². The van der Waals surface area contributed by atoms with E-state index in [1.165, 1.54) is 16.7 Å². The summed E-state index contributed by atoms with van der Waals surface area (Å²) in [6, 6.07) is 13.9. The summed E-state index contributed by atoms with van der Waals surface area (Å²) in [5.41, 5.74) is 1.23. The van der Waals surface area contributed by atoms with E-state index in [-0.39, 0.29) is 18.2 Å². The number of anilines is 1. The first kappa shape index (κ1) is 20.5. The number of thioether (sulfide) groups is 1. The molecule has 2 aromatic carbocycles. The zero-order valence-corrected chi connectivity index (χ0v) is 17.1. The maximum Gasteiger partial charge on any atom is 0.242 e. The van der Waals surface area contributed by atoms with Crippen molar-refractivity contribution in [1.82, 2.24) is 4.90 Å². The number of amidine groups is 1. The molecule has 5 nitrogen and oxygen atoms in total. The maximum atomic E-state index is 12.8. The van der Waals surface area contributed by atoms with Gasteiger partial charge in [0.2, 0.25) is 11.8 Å². The van der Waals surface area contributed by atoms with Crippen LogP contribution < -0.4 is 5.32 Å². The molecule has 1 atom stereocenters. The summed E-state index contributed by atoms with van der Waals surface area (Å²) in [5.74, 6) is -0.442. The fourth-order valence-corrected chi connectivity index (χ4v) is 4.17. The average Bonchev–Trinajstić information content (AvgIpc) is 2.91. The lowest BCUT2D eigenvalue weighted by molar-refractivity contribution is -0.127. The highest BCUT2D eigenvalue weighted by atomic mass is 35.5. The molecule has 8 heteroatoms. The summed E-state index contributed by atoms with van der Waals surface area (Å²) in [5, 5.41) is 3.81. The highest BCUT2D eigenvalue weighted by Gasteiger charge is 2.38. The van der Waals surface area contributed by atoms with E-state index in [4.69, 9.17) is 23.2 Å². The second-order valence-corrected chi connectivity index (χ2v) is 8.02. The van der Waals surface area contributed by atoms with Crippen LogP contribution in [0.5, 0.6) is 0 Å². The van der Waals surface area contributed by atoms with E-state index in [1.807, 2.05) is 0 Å². The highest BCUT2D eigenvalue weighted by molar-refractivity contribution is 8.15. The van der Waals surface area contributed by atoms with Gasteiger partial charge in [-0.15, -0.1) is 6.58 Å². The van der Waals surface area contributed by atoms with Crippen LogP contribution in [0.2, 0.25) is 10.0 Å². The molecule has 0 spiro atoms. The SMILES string of the molecule is C=CCN1C(=O)C(CC(=O)Nc2cccc(Cl)c2)SC1=Nc1cccc(Cl)c1.